The van der Waals surface area contributed by atoms with Crippen molar-refractivity contribution < 1.29 is 9.59 Å². The lowest BCUT2D eigenvalue weighted by atomic mass is 9.93. The molecule has 0 aliphatic carbocycles. The van der Waals surface area contributed by atoms with E-state index in [4.69, 9.17) is 23.2 Å². The Labute approximate surface area is 171 Å². The zero-order valence-electron chi connectivity index (χ0n) is 12.2. The normalized spacial score (nSPS) is 10.7. The molecular formula is C17H10Cl2N2O2S3. The summed E-state index contributed by atoms with van der Waals surface area (Å²) in [5.41, 5.74) is 2.24. The number of aromatic nitrogens is 2. The van der Waals surface area contributed by atoms with Gasteiger partial charge in [0.25, 0.3) is 10.5 Å². The van der Waals surface area contributed by atoms with Crippen LogP contribution in [0, 0.1) is 0 Å². The number of carbonyl (C=O) groups is 2. The van der Waals surface area contributed by atoms with Crippen LogP contribution in [0.5, 0.6) is 0 Å². The molecular weight excluding hydrogens is 431 g/mol. The minimum atomic E-state index is -0.750. The number of fused-ring (bicyclic) bond motifs is 1. The fourth-order valence-electron chi connectivity index (χ4n) is 2.72. The summed E-state index contributed by atoms with van der Waals surface area (Å²) in [6.45, 7) is 0. The summed E-state index contributed by atoms with van der Waals surface area (Å²) >= 11 is 15.6. The molecule has 132 valence electrons. The van der Waals surface area contributed by atoms with Crippen LogP contribution >= 0.6 is 57.6 Å². The third-order valence-corrected chi connectivity index (χ3v) is 6.32. The maximum atomic E-state index is 12.3. The van der Waals surface area contributed by atoms with E-state index in [1.807, 2.05) is 35.0 Å². The predicted molar refractivity (Wildman–Crippen MR) is 111 cm³/mol. The monoisotopic (exact) mass is 440 g/mol. The van der Waals surface area contributed by atoms with Gasteiger partial charge in [-0.05, 0) is 46.1 Å². The van der Waals surface area contributed by atoms with Crippen molar-refractivity contribution in [2.75, 3.05) is 0 Å². The molecule has 4 aromatic rings. The van der Waals surface area contributed by atoms with E-state index in [-0.39, 0.29) is 18.6 Å². The number of carbonyl (C=O) groups excluding carboxylic acids is 2. The van der Waals surface area contributed by atoms with Crippen LogP contribution in [0.3, 0.4) is 0 Å². The number of hydrogen-bond acceptors (Lipinski definition) is 7. The molecule has 4 rings (SSSR count). The van der Waals surface area contributed by atoms with E-state index in [1.165, 1.54) is 22.7 Å². The van der Waals surface area contributed by atoms with Crippen LogP contribution in [-0.4, -0.2) is 19.2 Å². The maximum Gasteiger partial charge on any atom is 0.253 e. The number of hydrogen-bond donors (Lipinski definition) is 0. The molecule has 0 saturated carbocycles. The number of halogens is 2. The van der Waals surface area contributed by atoms with E-state index in [9.17, 15) is 9.59 Å². The molecule has 3 aromatic heterocycles. The second kappa shape index (κ2) is 7.54. The lowest BCUT2D eigenvalue weighted by Crippen LogP contribution is -2.07. The van der Waals surface area contributed by atoms with Crippen molar-refractivity contribution in [3.63, 3.8) is 0 Å². The van der Waals surface area contributed by atoms with Crippen LogP contribution in [0.4, 0.5) is 0 Å². The van der Waals surface area contributed by atoms with Gasteiger partial charge < -0.3 is 0 Å². The van der Waals surface area contributed by atoms with Crippen molar-refractivity contribution in [1.82, 2.24) is 8.75 Å². The average molecular weight is 441 g/mol. The molecule has 3 heterocycles. The summed E-state index contributed by atoms with van der Waals surface area (Å²) in [4.78, 5) is 26.1. The van der Waals surface area contributed by atoms with Gasteiger partial charge in [-0.15, -0.1) is 22.7 Å². The first-order valence-corrected chi connectivity index (χ1v) is 10.1. The van der Waals surface area contributed by atoms with Crippen LogP contribution in [-0.2, 0) is 0 Å². The highest BCUT2D eigenvalue weighted by Crippen LogP contribution is 2.44. The quantitative estimate of drug-likeness (QED) is 0.337. The molecule has 4 nitrogen and oxygen atoms in total. The Kier molecular flexibility index (Phi) is 5.55. The van der Waals surface area contributed by atoms with Gasteiger partial charge in [0.05, 0.1) is 22.9 Å². The summed E-state index contributed by atoms with van der Waals surface area (Å²) in [6, 6.07) is 7.39. The van der Waals surface area contributed by atoms with Crippen LogP contribution in [0.25, 0.3) is 31.9 Å². The standard InChI is InChI=1S/C16H6Cl2N2O2S3.CH4/c17-15(21)11-9(7-3-1-5-23-7)13-14(20-25-19-13)10(12(11)16(18)22)8-4-2-6-24-8;/h1-6H;1H4. The minimum Gasteiger partial charge on any atom is -0.276 e. The highest BCUT2D eigenvalue weighted by molar-refractivity contribution is 7.14. The first kappa shape index (κ1) is 19.1. The summed E-state index contributed by atoms with van der Waals surface area (Å²) in [6.07, 6.45) is 0. The van der Waals surface area contributed by atoms with Crippen molar-refractivity contribution in [1.29, 1.82) is 0 Å². The second-order valence-electron chi connectivity index (χ2n) is 4.96. The van der Waals surface area contributed by atoms with E-state index in [0.717, 1.165) is 21.5 Å². The van der Waals surface area contributed by atoms with Gasteiger partial charge in [0, 0.05) is 20.9 Å². The molecule has 0 atom stereocenters. The number of thiophene rings is 2. The second-order valence-corrected chi connectivity index (χ2v) is 8.07. The lowest BCUT2D eigenvalue weighted by molar-refractivity contribution is 0.105. The Balaban J connectivity index is 0.00000196. The van der Waals surface area contributed by atoms with E-state index in [1.54, 1.807) is 0 Å². The molecule has 0 aliphatic heterocycles. The molecule has 0 spiro atoms. The van der Waals surface area contributed by atoms with Gasteiger partial charge in [-0.3, -0.25) is 9.59 Å². The Morgan fingerprint density at radius 2 is 1.23 bits per heavy atom. The first-order chi connectivity index (χ1) is 12.1. The predicted octanol–water partition coefficient (Wildman–Crippen LogP) is 6.54. The molecule has 9 heteroatoms. The van der Waals surface area contributed by atoms with Gasteiger partial charge in [0.2, 0.25) is 0 Å². The van der Waals surface area contributed by atoms with E-state index >= 15 is 0 Å². The van der Waals surface area contributed by atoms with Crippen molar-refractivity contribution in [2.24, 2.45) is 0 Å². The Morgan fingerprint density at radius 3 is 1.54 bits per heavy atom. The van der Waals surface area contributed by atoms with Crippen LogP contribution in [0.15, 0.2) is 35.0 Å². The van der Waals surface area contributed by atoms with Gasteiger partial charge in [0.1, 0.15) is 11.0 Å². The molecule has 0 amide bonds. The molecule has 0 saturated heterocycles. The van der Waals surface area contributed by atoms with Gasteiger partial charge in [-0.1, -0.05) is 19.6 Å². The summed E-state index contributed by atoms with van der Waals surface area (Å²) in [5.74, 6) is 0. The van der Waals surface area contributed by atoms with Crippen LogP contribution in [0.1, 0.15) is 28.1 Å². The minimum absolute atomic E-state index is 0. The first-order valence-electron chi connectivity index (χ1n) is 6.89. The average Bonchev–Trinajstić information content (AvgIpc) is 3.32. The van der Waals surface area contributed by atoms with Gasteiger partial charge in [-0.2, -0.15) is 8.75 Å². The van der Waals surface area contributed by atoms with Crippen LogP contribution in [0.2, 0.25) is 0 Å². The zero-order chi connectivity index (χ0) is 17.6. The molecule has 1 aromatic carbocycles. The van der Waals surface area contributed by atoms with Gasteiger partial charge in [0.15, 0.2) is 0 Å². The smallest absolute Gasteiger partial charge is 0.253 e. The summed E-state index contributed by atoms with van der Waals surface area (Å²) in [5, 5.41) is 2.25. The Hall–Kier alpha value is -1.64. The summed E-state index contributed by atoms with van der Waals surface area (Å²) in [7, 11) is 0. The lowest BCUT2D eigenvalue weighted by Gasteiger charge is -2.13. The molecule has 0 aliphatic rings. The molecule has 0 N–H and O–H groups in total. The molecule has 0 radical (unpaired) electrons. The topological polar surface area (TPSA) is 59.9 Å². The van der Waals surface area contributed by atoms with Crippen molar-refractivity contribution >= 4 is 79.1 Å². The van der Waals surface area contributed by atoms with E-state index < -0.39 is 10.5 Å². The summed E-state index contributed by atoms with van der Waals surface area (Å²) < 4.78 is 8.73. The number of benzene rings is 1. The highest BCUT2D eigenvalue weighted by Gasteiger charge is 2.30. The Bertz CT molecular complexity index is 1020. The van der Waals surface area contributed by atoms with Crippen molar-refractivity contribution in [2.45, 2.75) is 7.43 Å². The third kappa shape index (κ3) is 3.00. The van der Waals surface area contributed by atoms with E-state index in [2.05, 4.69) is 8.75 Å². The SMILES string of the molecule is C.O=C(Cl)c1c(C(=O)Cl)c(-c2cccs2)c2nsnc2c1-c1cccs1. The zero-order valence-corrected chi connectivity index (χ0v) is 16.1. The third-order valence-electron chi connectivity index (χ3n) is 3.64. The fraction of sp³-hybridized carbons (Fsp3) is 0.0588. The molecule has 0 bridgehead atoms. The molecule has 0 unspecified atom stereocenters. The molecule has 0 fully saturated rings. The van der Waals surface area contributed by atoms with Crippen molar-refractivity contribution in [3.8, 4) is 20.9 Å². The largest absolute Gasteiger partial charge is 0.276 e. The van der Waals surface area contributed by atoms with Gasteiger partial charge in [-0.25, -0.2) is 0 Å². The van der Waals surface area contributed by atoms with Gasteiger partial charge >= 0.3 is 0 Å². The Morgan fingerprint density at radius 1 is 0.808 bits per heavy atom. The van der Waals surface area contributed by atoms with Crippen molar-refractivity contribution in [3.05, 3.63) is 46.2 Å². The maximum absolute atomic E-state index is 12.3. The number of nitrogens with zero attached hydrogens (tertiary/aromatic N) is 2. The van der Waals surface area contributed by atoms with Crippen LogP contribution < -0.4 is 0 Å². The molecule has 26 heavy (non-hydrogen) atoms. The van der Waals surface area contributed by atoms with E-state index in [0.29, 0.717) is 22.2 Å². The fourth-order valence-corrected chi connectivity index (χ4v) is 5.21. The number of rotatable bonds is 4. The highest BCUT2D eigenvalue weighted by atomic mass is 35.5.